The Balaban J connectivity index is 1.24. The second-order valence-corrected chi connectivity index (χ2v) is 10.7. The highest BCUT2D eigenvalue weighted by Gasteiger charge is 2.43. The average Bonchev–Trinajstić information content (AvgIpc) is 3.64. The molecule has 0 bridgehead atoms. The lowest BCUT2D eigenvalue weighted by Crippen LogP contribution is -2.36. The SMILES string of the molecule is O=C(Cn1cnc2c(cnn2-c2ccccc2)c1=O)N1N=C2/C(=C\c3ccc(F)cc3)CCC[C@H]2[C@H]1c1ccc(F)cc1. The standard InChI is InChI=1S/C33H26F2N6O2/c34-24-13-9-21(10-14-24)17-23-5-4-8-27-30(23)38-41(31(27)22-11-15-25(35)16-12-22)29(42)19-39-20-36-32-28(33(39)43)18-37-40(32)26-6-2-1-3-7-26/h1-3,6-7,9-18,20,27,31H,4-5,8,19H2/b23-17-/t27-,31-/m1/s1. The molecule has 7 rings (SSSR count). The van der Waals surface area contributed by atoms with E-state index in [0.29, 0.717) is 11.0 Å². The Morgan fingerprint density at radius 2 is 1.67 bits per heavy atom. The van der Waals surface area contributed by atoms with Gasteiger partial charge in [0.05, 0.1) is 23.6 Å². The van der Waals surface area contributed by atoms with Gasteiger partial charge in [-0.1, -0.05) is 42.5 Å². The first-order chi connectivity index (χ1) is 21.0. The van der Waals surface area contributed by atoms with Crippen LogP contribution in [0.1, 0.15) is 36.4 Å². The molecule has 0 saturated heterocycles. The van der Waals surface area contributed by atoms with Gasteiger partial charge in [0, 0.05) is 5.92 Å². The molecule has 2 aliphatic rings. The molecule has 2 atom stereocenters. The zero-order valence-electron chi connectivity index (χ0n) is 23.0. The minimum Gasteiger partial charge on any atom is -0.289 e. The van der Waals surface area contributed by atoms with Gasteiger partial charge in [0.15, 0.2) is 5.65 Å². The van der Waals surface area contributed by atoms with E-state index in [2.05, 4.69) is 10.1 Å². The van der Waals surface area contributed by atoms with Gasteiger partial charge < -0.3 is 0 Å². The van der Waals surface area contributed by atoms with Gasteiger partial charge in [-0.2, -0.15) is 10.2 Å². The number of hydrogen-bond acceptors (Lipinski definition) is 5. The minimum atomic E-state index is -0.465. The van der Waals surface area contributed by atoms with Crippen LogP contribution in [0.4, 0.5) is 8.78 Å². The predicted octanol–water partition coefficient (Wildman–Crippen LogP) is 5.68. The van der Waals surface area contributed by atoms with E-state index in [9.17, 15) is 18.4 Å². The molecule has 0 N–H and O–H groups in total. The van der Waals surface area contributed by atoms with Gasteiger partial charge in [-0.25, -0.2) is 23.5 Å². The highest BCUT2D eigenvalue weighted by molar-refractivity contribution is 6.08. The number of carbonyl (C=O) groups is 1. The number of para-hydroxylation sites is 1. The summed E-state index contributed by atoms with van der Waals surface area (Å²) in [4.78, 5) is 31.8. The third kappa shape index (κ3) is 4.94. The molecule has 1 saturated carbocycles. The van der Waals surface area contributed by atoms with Gasteiger partial charge in [0.25, 0.3) is 11.5 Å². The van der Waals surface area contributed by atoms with E-state index in [1.54, 1.807) is 28.9 Å². The molecule has 3 aromatic carbocycles. The number of benzene rings is 3. The van der Waals surface area contributed by atoms with Crippen molar-refractivity contribution in [3.05, 3.63) is 130 Å². The lowest BCUT2D eigenvalue weighted by molar-refractivity contribution is -0.134. The predicted molar refractivity (Wildman–Crippen MR) is 158 cm³/mol. The van der Waals surface area contributed by atoms with E-state index < -0.39 is 11.9 Å². The topological polar surface area (TPSA) is 85.4 Å². The van der Waals surface area contributed by atoms with E-state index in [0.717, 1.165) is 47.4 Å². The van der Waals surface area contributed by atoms with Crippen LogP contribution in [-0.4, -0.2) is 36.0 Å². The first kappa shape index (κ1) is 26.6. The van der Waals surface area contributed by atoms with Crippen molar-refractivity contribution in [2.24, 2.45) is 11.0 Å². The maximum absolute atomic E-state index is 13.9. The summed E-state index contributed by atoms with van der Waals surface area (Å²) in [6.07, 6.45) is 7.21. The Bertz CT molecular complexity index is 1950. The van der Waals surface area contributed by atoms with E-state index in [1.165, 1.54) is 46.4 Å². The van der Waals surface area contributed by atoms with Crippen molar-refractivity contribution < 1.29 is 13.6 Å². The van der Waals surface area contributed by atoms with Crippen molar-refractivity contribution in [1.82, 2.24) is 24.3 Å². The van der Waals surface area contributed by atoms with Crippen LogP contribution in [0.2, 0.25) is 0 Å². The summed E-state index contributed by atoms with van der Waals surface area (Å²) in [6.45, 7) is -0.281. The summed E-state index contributed by atoms with van der Waals surface area (Å²) < 4.78 is 30.2. The number of aromatic nitrogens is 4. The van der Waals surface area contributed by atoms with E-state index in [1.807, 2.05) is 36.4 Å². The Labute approximate surface area is 245 Å². The molecule has 3 heterocycles. The largest absolute Gasteiger partial charge is 0.289 e. The smallest absolute Gasteiger partial charge is 0.264 e. The van der Waals surface area contributed by atoms with Crippen LogP contribution in [0.3, 0.4) is 0 Å². The first-order valence-electron chi connectivity index (χ1n) is 14.1. The molecular formula is C33H26F2N6O2. The highest BCUT2D eigenvalue weighted by atomic mass is 19.1. The van der Waals surface area contributed by atoms with Crippen molar-refractivity contribution in [1.29, 1.82) is 0 Å². The average molecular weight is 577 g/mol. The molecular weight excluding hydrogens is 550 g/mol. The molecule has 1 amide bonds. The summed E-state index contributed by atoms with van der Waals surface area (Å²) in [6, 6.07) is 21.2. The van der Waals surface area contributed by atoms with E-state index in [-0.39, 0.29) is 29.7 Å². The third-order valence-corrected chi connectivity index (χ3v) is 8.04. The van der Waals surface area contributed by atoms with Crippen molar-refractivity contribution in [2.45, 2.75) is 31.8 Å². The van der Waals surface area contributed by atoms with Gasteiger partial charge in [-0.15, -0.1) is 0 Å². The Hall–Kier alpha value is -5.25. The molecule has 5 aromatic rings. The second kappa shape index (κ2) is 10.9. The summed E-state index contributed by atoms with van der Waals surface area (Å²) in [7, 11) is 0. The Morgan fingerprint density at radius 1 is 0.953 bits per heavy atom. The minimum absolute atomic E-state index is 0.115. The van der Waals surface area contributed by atoms with Crippen LogP contribution in [-0.2, 0) is 11.3 Å². The number of carbonyl (C=O) groups excluding carboxylic acids is 1. The second-order valence-electron chi connectivity index (χ2n) is 10.7. The van der Waals surface area contributed by atoms with Gasteiger partial charge in [-0.05, 0) is 78.4 Å². The lowest BCUT2D eigenvalue weighted by atomic mass is 9.77. The van der Waals surface area contributed by atoms with Crippen LogP contribution < -0.4 is 5.56 Å². The van der Waals surface area contributed by atoms with Crippen LogP contribution in [0.25, 0.3) is 22.8 Å². The van der Waals surface area contributed by atoms with Gasteiger partial charge in [0.2, 0.25) is 0 Å². The van der Waals surface area contributed by atoms with Gasteiger partial charge in [0.1, 0.15) is 29.9 Å². The molecule has 0 spiro atoms. The van der Waals surface area contributed by atoms with Crippen molar-refractivity contribution in [3.63, 3.8) is 0 Å². The highest BCUT2D eigenvalue weighted by Crippen LogP contribution is 2.44. The zero-order chi connectivity index (χ0) is 29.5. The monoisotopic (exact) mass is 576 g/mol. The number of fused-ring (bicyclic) bond motifs is 2. The summed E-state index contributed by atoms with van der Waals surface area (Å²) in [5, 5.41) is 10.9. The number of rotatable bonds is 5. The fourth-order valence-corrected chi connectivity index (χ4v) is 6.00. The number of halogens is 2. The van der Waals surface area contributed by atoms with Crippen molar-refractivity contribution >= 4 is 28.7 Å². The summed E-state index contributed by atoms with van der Waals surface area (Å²) in [5.74, 6) is -1.19. The van der Waals surface area contributed by atoms with Gasteiger partial charge in [-0.3, -0.25) is 14.2 Å². The van der Waals surface area contributed by atoms with Crippen LogP contribution in [0.5, 0.6) is 0 Å². The summed E-state index contributed by atoms with van der Waals surface area (Å²) >= 11 is 0. The molecule has 10 heteroatoms. The molecule has 2 aromatic heterocycles. The fourth-order valence-electron chi connectivity index (χ4n) is 6.00. The maximum atomic E-state index is 13.9. The number of nitrogens with zero attached hydrogens (tertiary/aromatic N) is 6. The van der Waals surface area contributed by atoms with Crippen LogP contribution in [0.15, 0.2) is 107 Å². The lowest BCUT2D eigenvalue weighted by Gasteiger charge is -2.29. The molecule has 43 heavy (non-hydrogen) atoms. The number of hydrogen-bond donors (Lipinski definition) is 0. The molecule has 1 aliphatic heterocycles. The van der Waals surface area contributed by atoms with E-state index in [4.69, 9.17) is 5.10 Å². The fraction of sp³-hybridized carbons (Fsp3) is 0.182. The molecule has 1 fully saturated rings. The van der Waals surface area contributed by atoms with Crippen LogP contribution >= 0.6 is 0 Å². The number of hydrazone groups is 1. The van der Waals surface area contributed by atoms with Crippen molar-refractivity contribution in [3.8, 4) is 5.69 Å². The zero-order valence-corrected chi connectivity index (χ0v) is 23.0. The Kier molecular flexibility index (Phi) is 6.73. The molecule has 1 aliphatic carbocycles. The van der Waals surface area contributed by atoms with Gasteiger partial charge >= 0.3 is 0 Å². The number of amides is 1. The first-order valence-corrected chi connectivity index (χ1v) is 14.1. The molecule has 0 unspecified atom stereocenters. The molecule has 214 valence electrons. The molecule has 0 radical (unpaired) electrons. The van der Waals surface area contributed by atoms with E-state index >= 15 is 0 Å². The van der Waals surface area contributed by atoms with Crippen LogP contribution in [0, 0.1) is 17.6 Å². The van der Waals surface area contributed by atoms with Crippen molar-refractivity contribution in [2.75, 3.05) is 0 Å². The molecule has 8 nitrogen and oxygen atoms in total. The maximum Gasteiger partial charge on any atom is 0.264 e. The quantitative estimate of drug-likeness (QED) is 0.269. The normalized spacial score (nSPS) is 19.1. The number of allylic oxidation sites excluding steroid dienone is 1. The Morgan fingerprint density at radius 3 is 2.42 bits per heavy atom. The summed E-state index contributed by atoms with van der Waals surface area (Å²) in [5.41, 5.74) is 4.12. The third-order valence-electron chi connectivity index (χ3n) is 8.04.